The predicted octanol–water partition coefficient (Wildman–Crippen LogP) is 1.87. The molecule has 0 spiro atoms. The van der Waals surface area contributed by atoms with E-state index in [4.69, 9.17) is 0 Å². The number of aryl methyl sites for hydroxylation is 4. The molecular formula is C8H15N3. The van der Waals surface area contributed by atoms with Crippen LogP contribution in [-0.2, 0) is 0 Å². The highest BCUT2D eigenvalue weighted by Crippen LogP contribution is 2.04. The van der Waals surface area contributed by atoms with Crippen LogP contribution in [-0.4, -0.2) is 9.97 Å². The maximum Gasteiger partial charge on any atom is 0.0588 e. The van der Waals surface area contributed by atoms with Crippen LogP contribution < -0.4 is 6.15 Å². The minimum absolute atomic E-state index is 0. The van der Waals surface area contributed by atoms with E-state index >= 15 is 0 Å². The van der Waals surface area contributed by atoms with Gasteiger partial charge in [0, 0.05) is 0 Å². The van der Waals surface area contributed by atoms with Gasteiger partial charge in [-0.3, -0.25) is 9.97 Å². The van der Waals surface area contributed by atoms with Crippen molar-refractivity contribution >= 4 is 0 Å². The molecule has 3 N–H and O–H groups in total. The summed E-state index contributed by atoms with van der Waals surface area (Å²) in [4.78, 5) is 8.62. The van der Waals surface area contributed by atoms with Gasteiger partial charge in [-0.15, -0.1) is 0 Å². The maximum absolute atomic E-state index is 4.31. The first kappa shape index (κ1) is 10.0. The minimum atomic E-state index is 0. The normalized spacial score (nSPS) is 9.09. The molecular weight excluding hydrogens is 138 g/mol. The Bertz CT molecular complexity index is 206. The summed E-state index contributed by atoms with van der Waals surface area (Å²) in [6, 6.07) is 0. The van der Waals surface area contributed by atoms with Crippen LogP contribution in [0.15, 0.2) is 0 Å². The molecule has 1 aromatic heterocycles. The van der Waals surface area contributed by atoms with Crippen LogP contribution in [0.2, 0.25) is 0 Å². The standard InChI is InChI=1S/C8H12N2.H3N/c1-5-6(2)10-8(4)7(3)9-5;/h1-4H3;1H3. The molecule has 1 heterocycles. The van der Waals surface area contributed by atoms with E-state index < -0.39 is 0 Å². The van der Waals surface area contributed by atoms with Crippen molar-refractivity contribution in [3.05, 3.63) is 22.8 Å². The van der Waals surface area contributed by atoms with Gasteiger partial charge in [0.2, 0.25) is 0 Å². The molecule has 0 unspecified atom stereocenters. The van der Waals surface area contributed by atoms with E-state index in [1.54, 1.807) is 0 Å². The second-order valence-electron chi connectivity index (χ2n) is 2.57. The Morgan fingerprint density at radius 3 is 1.00 bits per heavy atom. The molecule has 0 bridgehead atoms. The van der Waals surface area contributed by atoms with Gasteiger partial charge in [0.1, 0.15) is 0 Å². The second-order valence-corrected chi connectivity index (χ2v) is 2.57. The van der Waals surface area contributed by atoms with Crippen molar-refractivity contribution in [2.45, 2.75) is 27.7 Å². The smallest absolute Gasteiger partial charge is 0.0588 e. The van der Waals surface area contributed by atoms with Crippen LogP contribution >= 0.6 is 0 Å². The van der Waals surface area contributed by atoms with Gasteiger partial charge < -0.3 is 6.15 Å². The first-order valence-electron chi connectivity index (χ1n) is 3.39. The second kappa shape index (κ2) is 3.44. The third kappa shape index (κ3) is 1.98. The fraction of sp³-hybridized carbons (Fsp3) is 0.500. The Morgan fingerprint density at radius 2 is 0.818 bits per heavy atom. The zero-order valence-electron chi connectivity index (χ0n) is 7.60. The topological polar surface area (TPSA) is 60.8 Å². The maximum atomic E-state index is 4.31. The summed E-state index contributed by atoms with van der Waals surface area (Å²) in [6.07, 6.45) is 0. The van der Waals surface area contributed by atoms with Gasteiger partial charge >= 0.3 is 0 Å². The fourth-order valence-corrected chi connectivity index (χ4v) is 0.827. The minimum Gasteiger partial charge on any atom is -0.344 e. The van der Waals surface area contributed by atoms with E-state index in [1.807, 2.05) is 27.7 Å². The Labute approximate surface area is 67.5 Å². The molecule has 0 radical (unpaired) electrons. The summed E-state index contributed by atoms with van der Waals surface area (Å²) in [5, 5.41) is 0. The molecule has 0 amide bonds. The predicted molar refractivity (Wildman–Crippen MR) is 46.0 cm³/mol. The number of hydrogen-bond donors (Lipinski definition) is 1. The molecule has 0 atom stereocenters. The molecule has 0 aliphatic rings. The average molecular weight is 153 g/mol. The van der Waals surface area contributed by atoms with Gasteiger partial charge in [-0.1, -0.05) is 0 Å². The third-order valence-electron chi connectivity index (χ3n) is 1.72. The third-order valence-corrected chi connectivity index (χ3v) is 1.72. The molecule has 0 aliphatic heterocycles. The molecule has 1 aromatic rings. The van der Waals surface area contributed by atoms with E-state index in [2.05, 4.69) is 9.97 Å². The lowest BCUT2D eigenvalue weighted by molar-refractivity contribution is 0.959. The monoisotopic (exact) mass is 153 g/mol. The van der Waals surface area contributed by atoms with Gasteiger partial charge in [-0.05, 0) is 27.7 Å². The molecule has 3 nitrogen and oxygen atoms in total. The largest absolute Gasteiger partial charge is 0.344 e. The quantitative estimate of drug-likeness (QED) is 0.619. The van der Waals surface area contributed by atoms with Gasteiger partial charge in [0.05, 0.1) is 22.8 Å². The zero-order valence-corrected chi connectivity index (χ0v) is 7.60. The highest BCUT2D eigenvalue weighted by Gasteiger charge is 1.98. The van der Waals surface area contributed by atoms with Gasteiger partial charge in [0.15, 0.2) is 0 Å². The molecule has 0 saturated heterocycles. The van der Waals surface area contributed by atoms with E-state index in [-0.39, 0.29) is 6.15 Å². The van der Waals surface area contributed by atoms with Crippen molar-refractivity contribution in [3.8, 4) is 0 Å². The number of nitrogens with zero attached hydrogens (tertiary/aromatic N) is 2. The molecule has 3 heteroatoms. The molecule has 0 saturated carbocycles. The van der Waals surface area contributed by atoms with Gasteiger partial charge in [-0.2, -0.15) is 0 Å². The van der Waals surface area contributed by atoms with Crippen LogP contribution in [0.4, 0.5) is 0 Å². The average Bonchev–Trinajstić information content (AvgIpc) is 1.84. The molecule has 0 aromatic carbocycles. The summed E-state index contributed by atoms with van der Waals surface area (Å²) >= 11 is 0. The highest BCUT2D eigenvalue weighted by molar-refractivity contribution is 5.16. The lowest BCUT2D eigenvalue weighted by atomic mass is 10.3. The summed E-state index contributed by atoms with van der Waals surface area (Å²) in [5.41, 5.74) is 4.12. The first-order chi connectivity index (χ1) is 4.61. The lowest BCUT2D eigenvalue weighted by Crippen LogP contribution is -1.97. The Hall–Kier alpha value is -0.960. The number of hydrogen-bond acceptors (Lipinski definition) is 3. The van der Waals surface area contributed by atoms with Crippen molar-refractivity contribution in [2.24, 2.45) is 0 Å². The van der Waals surface area contributed by atoms with Crippen molar-refractivity contribution in [1.29, 1.82) is 0 Å². The Kier molecular flexibility index (Phi) is 3.14. The van der Waals surface area contributed by atoms with Crippen LogP contribution in [0.3, 0.4) is 0 Å². The molecule has 0 aliphatic carbocycles. The SMILES string of the molecule is Cc1nc(C)c(C)nc1C.N. The fourth-order valence-electron chi connectivity index (χ4n) is 0.827. The Balaban J connectivity index is 0.000001000. The summed E-state index contributed by atoms with van der Waals surface area (Å²) in [6.45, 7) is 7.92. The molecule has 1 rings (SSSR count). The first-order valence-corrected chi connectivity index (χ1v) is 3.39. The van der Waals surface area contributed by atoms with Crippen molar-refractivity contribution < 1.29 is 0 Å². The van der Waals surface area contributed by atoms with E-state index in [1.165, 1.54) is 0 Å². The van der Waals surface area contributed by atoms with Crippen molar-refractivity contribution in [1.82, 2.24) is 16.1 Å². The summed E-state index contributed by atoms with van der Waals surface area (Å²) in [7, 11) is 0. The van der Waals surface area contributed by atoms with Crippen LogP contribution in [0.1, 0.15) is 22.8 Å². The highest BCUT2D eigenvalue weighted by atomic mass is 14.8. The molecule has 11 heavy (non-hydrogen) atoms. The zero-order chi connectivity index (χ0) is 7.72. The van der Waals surface area contributed by atoms with E-state index in [0.717, 1.165) is 22.8 Å². The molecule has 62 valence electrons. The summed E-state index contributed by atoms with van der Waals surface area (Å²) in [5.74, 6) is 0. The van der Waals surface area contributed by atoms with Crippen molar-refractivity contribution in [2.75, 3.05) is 0 Å². The van der Waals surface area contributed by atoms with Crippen LogP contribution in [0.5, 0.6) is 0 Å². The summed E-state index contributed by atoms with van der Waals surface area (Å²) < 4.78 is 0. The van der Waals surface area contributed by atoms with Crippen molar-refractivity contribution in [3.63, 3.8) is 0 Å². The number of aromatic nitrogens is 2. The van der Waals surface area contributed by atoms with Crippen LogP contribution in [0, 0.1) is 27.7 Å². The van der Waals surface area contributed by atoms with Gasteiger partial charge in [-0.25, -0.2) is 0 Å². The van der Waals surface area contributed by atoms with E-state index in [0.29, 0.717) is 0 Å². The lowest BCUT2D eigenvalue weighted by Gasteiger charge is -2.01. The van der Waals surface area contributed by atoms with Gasteiger partial charge in [0.25, 0.3) is 0 Å². The van der Waals surface area contributed by atoms with E-state index in [9.17, 15) is 0 Å². The molecule has 0 fully saturated rings. The Morgan fingerprint density at radius 1 is 0.636 bits per heavy atom. The number of rotatable bonds is 0. The van der Waals surface area contributed by atoms with Crippen LogP contribution in [0.25, 0.3) is 0 Å².